The Labute approximate surface area is 115 Å². The molecule has 0 bridgehead atoms. The van der Waals surface area contributed by atoms with E-state index in [0.717, 1.165) is 12.8 Å². The Morgan fingerprint density at radius 2 is 2.05 bits per heavy atom. The maximum atomic E-state index is 12.3. The Kier molecular flexibility index (Phi) is 5.35. The molecule has 1 amide bonds. The van der Waals surface area contributed by atoms with Gasteiger partial charge in [-0.3, -0.25) is 4.79 Å². The first kappa shape index (κ1) is 16.0. The molecule has 1 rings (SSSR count). The van der Waals surface area contributed by atoms with Crippen LogP contribution in [0.15, 0.2) is 0 Å². The number of nitrogens with zero attached hydrogens (tertiary/aromatic N) is 1. The Morgan fingerprint density at radius 3 is 2.53 bits per heavy atom. The number of carboxylic acids is 1. The molecule has 1 aliphatic heterocycles. The molecule has 110 valence electrons. The number of rotatable bonds is 6. The fourth-order valence-corrected chi connectivity index (χ4v) is 2.87. The lowest BCUT2D eigenvalue weighted by Gasteiger charge is -2.32. The highest BCUT2D eigenvalue weighted by atomic mass is 16.4. The Bertz CT molecular complexity index is 344. The standard InChI is InChI=1S/C14H26N2O3/c1-10(2)7-11(9-15)8-12(17)16-6-4-5-14(16,3)13(18)19/h10-11H,4-9,15H2,1-3H3,(H,18,19). The number of carbonyl (C=O) groups is 2. The summed E-state index contributed by atoms with van der Waals surface area (Å²) in [5.74, 6) is -0.345. The number of carbonyl (C=O) groups excluding carboxylic acids is 1. The monoisotopic (exact) mass is 270 g/mol. The van der Waals surface area contributed by atoms with E-state index in [4.69, 9.17) is 5.73 Å². The van der Waals surface area contributed by atoms with E-state index < -0.39 is 11.5 Å². The van der Waals surface area contributed by atoms with Crippen molar-refractivity contribution in [2.24, 2.45) is 17.6 Å². The van der Waals surface area contributed by atoms with Gasteiger partial charge in [-0.2, -0.15) is 0 Å². The summed E-state index contributed by atoms with van der Waals surface area (Å²) in [5, 5.41) is 9.31. The minimum atomic E-state index is -1.03. The summed E-state index contributed by atoms with van der Waals surface area (Å²) in [6.45, 7) is 6.86. The van der Waals surface area contributed by atoms with Crippen LogP contribution < -0.4 is 5.73 Å². The molecule has 0 aromatic rings. The summed E-state index contributed by atoms with van der Waals surface area (Å²) < 4.78 is 0. The molecule has 0 aromatic carbocycles. The second-order valence-electron chi connectivity index (χ2n) is 6.16. The number of nitrogens with two attached hydrogens (primary N) is 1. The highest BCUT2D eigenvalue weighted by Crippen LogP contribution is 2.30. The second-order valence-corrected chi connectivity index (χ2v) is 6.16. The predicted molar refractivity (Wildman–Crippen MR) is 73.6 cm³/mol. The van der Waals surface area contributed by atoms with Crippen molar-refractivity contribution in [2.45, 2.75) is 52.0 Å². The molecule has 3 N–H and O–H groups in total. The summed E-state index contributed by atoms with van der Waals surface area (Å²) in [5.41, 5.74) is 4.67. The summed E-state index contributed by atoms with van der Waals surface area (Å²) in [6, 6.07) is 0. The molecule has 2 unspecified atom stereocenters. The van der Waals surface area contributed by atoms with E-state index in [2.05, 4.69) is 13.8 Å². The molecule has 19 heavy (non-hydrogen) atoms. The molecule has 0 spiro atoms. The zero-order valence-electron chi connectivity index (χ0n) is 12.2. The number of amides is 1. The first-order valence-corrected chi connectivity index (χ1v) is 7.05. The van der Waals surface area contributed by atoms with Crippen molar-refractivity contribution < 1.29 is 14.7 Å². The van der Waals surface area contributed by atoms with Crippen LogP contribution in [0.25, 0.3) is 0 Å². The predicted octanol–water partition coefficient (Wildman–Crippen LogP) is 1.46. The molecule has 1 fully saturated rings. The van der Waals surface area contributed by atoms with Crippen molar-refractivity contribution in [1.29, 1.82) is 0 Å². The van der Waals surface area contributed by atoms with Gasteiger partial charge in [-0.25, -0.2) is 4.79 Å². The summed E-state index contributed by atoms with van der Waals surface area (Å²) in [4.78, 5) is 25.2. The lowest BCUT2D eigenvalue weighted by atomic mass is 9.92. The number of hydrogen-bond donors (Lipinski definition) is 2. The van der Waals surface area contributed by atoms with Crippen LogP contribution in [0.4, 0.5) is 0 Å². The van der Waals surface area contributed by atoms with Crippen molar-refractivity contribution >= 4 is 11.9 Å². The number of aliphatic carboxylic acids is 1. The van der Waals surface area contributed by atoms with Crippen molar-refractivity contribution in [3.05, 3.63) is 0 Å². The molecule has 1 saturated heterocycles. The molecule has 0 saturated carbocycles. The van der Waals surface area contributed by atoms with Gasteiger partial charge in [0, 0.05) is 13.0 Å². The summed E-state index contributed by atoms with van der Waals surface area (Å²) >= 11 is 0. The molecule has 5 heteroatoms. The minimum Gasteiger partial charge on any atom is -0.480 e. The first-order chi connectivity index (χ1) is 8.81. The molecule has 0 aliphatic carbocycles. The van der Waals surface area contributed by atoms with Crippen LogP contribution in [-0.4, -0.2) is 40.5 Å². The van der Waals surface area contributed by atoms with Gasteiger partial charge in [-0.05, 0) is 44.6 Å². The number of hydrogen-bond acceptors (Lipinski definition) is 3. The average molecular weight is 270 g/mol. The van der Waals surface area contributed by atoms with Gasteiger partial charge in [-0.15, -0.1) is 0 Å². The molecule has 0 aromatic heterocycles. The van der Waals surface area contributed by atoms with Crippen molar-refractivity contribution in [3.63, 3.8) is 0 Å². The zero-order valence-corrected chi connectivity index (χ0v) is 12.2. The van der Waals surface area contributed by atoms with Crippen LogP contribution in [0.3, 0.4) is 0 Å². The van der Waals surface area contributed by atoms with Gasteiger partial charge in [-0.1, -0.05) is 13.8 Å². The van der Waals surface area contributed by atoms with Gasteiger partial charge in [0.05, 0.1) is 0 Å². The van der Waals surface area contributed by atoms with E-state index in [0.29, 0.717) is 31.8 Å². The van der Waals surface area contributed by atoms with E-state index in [1.54, 1.807) is 6.92 Å². The van der Waals surface area contributed by atoms with Gasteiger partial charge in [0.15, 0.2) is 0 Å². The van der Waals surface area contributed by atoms with Crippen LogP contribution in [0.2, 0.25) is 0 Å². The maximum Gasteiger partial charge on any atom is 0.329 e. The third kappa shape index (κ3) is 3.69. The second kappa shape index (κ2) is 6.37. The third-order valence-electron chi connectivity index (χ3n) is 4.00. The highest BCUT2D eigenvalue weighted by molar-refractivity contribution is 5.87. The lowest BCUT2D eigenvalue weighted by molar-refractivity contribution is -0.155. The number of carboxylic acid groups (broad SMARTS) is 1. The molecular weight excluding hydrogens is 244 g/mol. The van der Waals surface area contributed by atoms with Crippen LogP contribution >= 0.6 is 0 Å². The molecule has 5 nitrogen and oxygen atoms in total. The highest BCUT2D eigenvalue weighted by Gasteiger charge is 2.45. The van der Waals surface area contributed by atoms with Crippen LogP contribution in [0.1, 0.15) is 46.5 Å². The topological polar surface area (TPSA) is 83.6 Å². The lowest BCUT2D eigenvalue weighted by Crippen LogP contribution is -2.51. The van der Waals surface area contributed by atoms with E-state index in [1.807, 2.05) is 0 Å². The molecular formula is C14H26N2O3. The van der Waals surface area contributed by atoms with Crippen molar-refractivity contribution in [1.82, 2.24) is 4.90 Å². The van der Waals surface area contributed by atoms with Crippen LogP contribution in [0, 0.1) is 11.8 Å². The fourth-order valence-electron chi connectivity index (χ4n) is 2.87. The molecule has 1 aliphatic rings. The van der Waals surface area contributed by atoms with E-state index in [1.165, 1.54) is 4.90 Å². The Hall–Kier alpha value is -1.10. The molecule has 2 atom stereocenters. The average Bonchev–Trinajstić information content (AvgIpc) is 2.71. The first-order valence-electron chi connectivity index (χ1n) is 7.05. The normalized spacial score (nSPS) is 24.8. The smallest absolute Gasteiger partial charge is 0.329 e. The Balaban J connectivity index is 2.69. The van der Waals surface area contributed by atoms with Crippen molar-refractivity contribution in [2.75, 3.05) is 13.1 Å². The van der Waals surface area contributed by atoms with Crippen molar-refractivity contribution in [3.8, 4) is 0 Å². The fraction of sp³-hybridized carbons (Fsp3) is 0.857. The quantitative estimate of drug-likeness (QED) is 0.765. The Morgan fingerprint density at radius 1 is 1.42 bits per heavy atom. The van der Waals surface area contributed by atoms with Gasteiger partial charge < -0.3 is 15.7 Å². The third-order valence-corrected chi connectivity index (χ3v) is 4.00. The van der Waals surface area contributed by atoms with Gasteiger partial charge in [0.2, 0.25) is 5.91 Å². The van der Waals surface area contributed by atoms with E-state index in [-0.39, 0.29) is 11.8 Å². The number of likely N-dealkylation sites (tertiary alicyclic amines) is 1. The largest absolute Gasteiger partial charge is 0.480 e. The maximum absolute atomic E-state index is 12.3. The zero-order chi connectivity index (χ0) is 14.6. The van der Waals surface area contributed by atoms with Crippen LogP contribution in [0.5, 0.6) is 0 Å². The van der Waals surface area contributed by atoms with E-state index >= 15 is 0 Å². The SMILES string of the molecule is CC(C)CC(CN)CC(=O)N1CCCC1(C)C(=O)O. The van der Waals surface area contributed by atoms with Crippen LogP contribution in [-0.2, 0) is 9.59 Å². The minimum absolute atomic E-state index is 0.0708. The summed E-state index contributed by atoms with van der Waals surface area (Å²) in [7, 11) is 0. The van der Waals surface area contributed by atoms with Gasteiger partial charge in [0.25, 0.3) is 0 Å². The van der Waals surface area contributed by atoms with E-state index in [9.17, 15) is 14.7 Å². The van der Waals surface area contributed by atoms with Gasteiger partial charge >= 0.3 is 5.97 Å². The van der Waals surface area contributed by atoms with Gasteiger partial charge in [0.1, 0.15) is 5.54 Å². The summed E-state index contributed by atoms with van der Waals surface area (Å²) in [6.07, 6.45) is 2.55. The molecule has 0 radical (unpaired) electrons. The molecule has 1 heterocycles.